The number of hydrogen-bond donors (Lipinski definition) is 2. The molecule has 2 bridgehead atoms. The molecule has 0 saturated carbocycles. The number of nitrogens with zero attached hydrogens (tertiary/aromatic N) is 3. The summed E-state index contributed by atoms with van der Waals surface area (Å²) in [6.45, 7) is 0. The summed E-state index contributed by atoms with van der Waals surface area (Å²) in [5.74, 6) is -7.63. The molecule has 2 amide bonds. The number of carbonyl (C=O) groups is 2. The van der Waals surface area contributed by atoms with Crippen LogP contribution in [0.5, 0.6) is 0 Å². The lowest BCUT2D eigenvalue weighted by Gasteiger charge is -2.39. The first kappa shape index (κ1) is 20.4. The van der Waals surface area contributed by atoms with Crippen LogP contribution in [0.25, 0.3) is 0 Å². The number of hydrogen-bond acceptors (Lipinski definition) is 4. The number of anilines is 1. The van der Waals surface area contributed by atoms with Crippen LogP contribution in [0.15, 0.2) is 30.6 Å². The molecule has 0 radical (unpaired) electrons. The van der Waals surface area contributed by atoms with Gasteiger partial charge in [-0.15, -0.1) is 0 Å². The van der Waals surface area contributed by atoms with Crippen molar-refractivity contribution in [3.05, 3.63) is 47.5 Å². The minimum absolute atomic E-state index is 0.209. The zero-order chi connectivity index (χ0) is 21.6. The molecule has 2 aliphatic rings. The van der Waals surface area contributed by atoms with Gasteiger partial charge in [0, 0.05) is 30.9 Å². The Morgan fingerprint density at radius 3 is 2.50 bits per heavy atom. The highest BCUT2D eigenvalue weighted by molar-refractivity contribution is 6.04. The number of aryl methyl sites for hydroxylation is 1. The molecule has 0 spiro atoms. The first-order valence-corrected chi connectivity index (χ1v) is 9.65. The first-order chi connectivity index (χ1) is 14.2. The number of nitrogens with one attached hydrogen (secondary N) is 1. The number of aromatic nitrogens is 2. The number of piperidine rings is 1. The Morgan fingerprint density at radius 2 is 1.90 bits per heavy atom. The molecular formula is C20H21F3N4O3. The van der Waals surface area contributed by atoms with Gasteiger partial charge < -0.3 is 15.3 Å². The van der Waals surface area contributed by atoms with E-state index in [1.165, 1.54) is 17.1 Å². The van der Waals surface area contributed by atoms with E-state index in [-0.39, 0.29) is 18.4 Å². The summed E-state index contributed by atoms with van der Waals surface area (Å²) in [5, 5.41) is 16.2. The maximum Gasteiger partial charge on any atom is 0.352 e. The van der Waals surface area contributed by atoms with Crippen LogP contribution < -0.4 is 5.32 Å². The lowest BCUT2D eigenvalue weighted by molar-refractivity contribution is -0.166. The van der Waals surface area contributed by atoms with E-state index in [2.05, 4.69) is 10.4 Å². The number of aliphatic hydroxyl groups excluding tert-OH is 1. The van der Waals surface area contributed by atoms with E-state index in [1.54, 1.807) is 7.05 Å². The zero-order valence-corrected chi connectivity index (χ0v) is 16.2. The van der Waals surface area contributed by atoms with Crippen molar-refractivity contribution < 1.29 is 27.9 Å². The highest BCUT2D eigenvalue weighted by Gasteiger charge is 2.53. The van der Waals surface area contributed by atoms with Crippen molar-refractivity contribution in [2.45, 2.75) is 49.8 Å². The molecule has 2 fully saturated rings. The third-order valence-corrected chi connectivity index (χ3v) is 5.74. The maximum atomic E-state index is 15.1. The third kappa shape index (κ3) is 3.55. The fraction of sp³-hybridized carbons (Fsp3) is 0.450. The summed E-state index contributed by atoms with van der Waals surface area (Å²) < 4.78 is 46.0. The van der Waals surface area contributed by atoms with Gasteiger partial charge in [0.15, 0.2) is 0 Å². The Balaban J connectivity index is 1.60. The summed E-state index contributed by atoms with van der Waals surface area (Å²) in [6.07, 6.45) is 3.78. The van der Waals surface area contributed by atoms with Gasteiger partial charge in [0.1, 0.15) is 5.82 Å². The molecular weight excluding hydrogens is 401 g/mol. The van der Waals surface area contributed by atoms with Gasteiger partial charge in [-0.05, 0) is 43.9 Å². The molecule has 2 aliphatic heterocycles. The summed E-state index contributed by atoms with van der Waals surface area (Å²) >= 11 is 0. The largest absolute Gasteiger partial charge is 0.393 e. The second-order valence-corrected chi connectivity index (χ2v) is 7.85. The van der Waals surface area contributed by atoms with E-state index in [0.717, 1.165) is 17.0 Å². The van der Waals surface area contributed by atoms with E-state index in [1.807, 2.05) is 0 Å². The third-order valence-electron chi connectivity index (χ3n) is 5.74. The fourth-order valence-corrected chi connectivity index (χ4v) is 4.35. The molecule has 2 N–H and O–H groups in total. The van der Waals surface area contributed by atoms with E-state index < -0.39 is 47.3 Å². The molecule has 0 unspecified atom stereocenters. The number of carbonyl (C=O) groups excluding carboxylic acids is 2. The lowest BCUT2D eigenvalue weighted by atomic mass is 9.96. The van der Waals surface area contributed by atoms with Crippen molar-refractivity contribution in [1.29, 1.82) is 0 Å². The Bertz CT molecular complexity index is 979. The Kier molecular flexibility index (Phi) is 5.05. The monoisotopic (exact) mass is 422 g/mol. The fourth-order valence-electron chi connectivity index (χ4n) is 4.35. The smallest absolute Gasteiger partial charge is 0.352 e. The highest BCUT2D eigenvalue weighted by atomic mass is 19.3. The second-order valence-electron chi connectivity index (χ2n) is 7.85. The predicted octanol–water partition coefficient (Wildman–Crippen LogP) is 2.42. The van der Waals surface area contributed by atoms with Gasteiger partial charge in [-0.2, -0.15) is 13.9 Å². The van der Waals surface area contributed by atoms with Crippen LogP contribution in [0.4, 0.5) is 18.9 Å². The van der Waals surface area contributed by atoms with Gasteiger partial charge in [0.05, 0.1) is 23.6 Å². The summed E-state index contributed by atoms with van der Waals surface area (Å²) in [6, 6.07) is 1.56. The Hall–Kier alpha value is -2.88. The summed E-state index contributed by atoms with van der Waals surface area (Å²) in [4.78, 5) is 26.2. The Morgan fingerprint density at radius 1 is 1.23 bits per heavy atom. The molecule has 3 atom stereocenters. The molecule has 1 aromatic heterocycles. The number of alkyl halides is 2. The highest BCUT2D eigenvalue weighted by Crippen LogP contribution is 2.41. The molecule has 4 rings (SSSR count). The lowest BCUT2D eigenvalue weighted by Crippen LogP contribution is -2.53. The maximum absolute atomic E-state index is 15.1. The average molecular weight is 422 g/mol. The molecule has 0 aliphatic carbocycles. The number of amides is 2. The predicted molar refractivity (Wildman–Crippen MR) is 100 cm³/mol. The van der Waals surface area contributed by atoms with E-state index in [4.69, 9.17) is 0 Å². The summed E-state index contributed by atoms with van der Waals surface area (Å²) in [5.41, 5.74) is -1.00. The van der Waals surface area contributed by atoms with Crippen LogP contribution in [0.2, 0.25) is 0 Å². The zero-order valence-electron chi connectivity index (χ0n) is 16.2. The molecule has 160 valence electrons. The van der Waals surface area contributed by atoms with Crippen molar-refractivity contribution in [3.63, 3.8) is 0 Å². The number of aliphatic hydroxyl groups is 1. The number of halogens is 3. The standard InChI is InChI=1S/C20H21F3N4O3/c1-26-10-12(9-24-26)25-18(29)11-2-5-17(21)16(6-11)20(22,23)19(30)27-13-3-4-14(27)8-15(28)7-13/h2,5-6,9-10,13-15,28H,3-4,7-8H2,1H3,(H,25,29)/t13-,14+,15-. The van der Waals surface area contributed by atoms with Crippen molar-refractivity contribution in [2.75, 3.05) is 5.32 Å². The van der Waals surface area contributed by atoms with Crippen molar-refractivity contribution in [1.82, 2.24) is 14.7 Å². The van der Waals surface area contributed by atoms with E-state index >= 15 is 8.78 Å². The molecule has 30 heavy (non-hydrogen) atoms. The van der Waals surface area contributed by atoms with Gasteiger partial charge >= 0.3 is 5.92 Å². The van der Waals surface area contributed by atoms with Gasteiger partial charge in [-0.3, -0.25) is 14.3 Å². The normalized spacial score (nSPS) is 23.5. The minimum Gasteiger partial charge on any atom is -0.393 e. The molecule has 2 aromatic rings. The SMILES string of the molecule is Cn1cc(NC(=O)c2ccc(F)c(C(F)(F)C(=O)N3[C@@H]4CC[C@H]3C[C@H](O)C4)c2)cn1. The summed E-state index contributed by atoms with van der Waals surface area (Å²) in [7, 11) is 1.64. The number of fused-ring (bicyclic) bond motifs is 2. The van der Waals surface area contributed by atoms with Gasteiger partial charge in [-0.25, -0.2) is 4.39 Å². The van der Waals surface area contributed by atoms with Crippen molar-refractivity contribution in [2.24, 2.45) is 7.05 Å². The van der Waals surface area contributed by atoms with Gasteiger partial charge in [-0.1, -0.05) is 0 Å². The molecule has 1 aromatic carbocycles. The van der Waals surface area contributed by atoms with Crippen molar-refractivity contribution >= 4 is 17.5 Å². The average Bonchev–Trinajstić information content (AvgIpc) is 3.21. The second kappa shape index (κ2) is 7.42. The Labute approximate surface area is 170 Å². The van der Waals surface area contributed by atoms with Crippen LogP contribution in [-0.4, -0.2) is 49.8 Å². The van der Waals surface area contributed by atoms with Crippen molar-refractivity contribution in [3.8, 4) is 0 Å². The first-order valence-electron chi connectivity index (χ1n) is 9.65. The van der Waals surface area contributed by atoms with E-state index in [9.17, 15) is 19.1 Å². The molecule has 10 heteroatoms. The van der Waals surface area contributed by atoms with Crippen LogP contribution in [0.3, 0.4) is 0 Å². The number of benzene rings is 1. The van der Waals surface area contributed by atoms with Crippen LogP contribution in [-0.2, 0) is 17.8 Å². The van der Waals surface area contributed by atoms with E-state index in [0.29, 0.717) is 24.6 Å². The quantitative estimate of drug-likeness (QED) is 0.792. The van der Waals surface area contributed by atoms with Crippen LogP contribution >= 0.6 is 0 Å². The minimum atomic E-state index is -4.14. The van der Waals surface area contributed by atoms with Crippen LogP contribution in [0, 0.1) is 5.82 Å². The van der Waals surface area contributed by atoms with Gasteiger partial charge in [0.2, 0.25) is 0 Å². The number of rotatable bonds is 4. The van der Waals surface area contributed by atoms with Gasteiger partial charge in [0.25, 0.3) is 11.8 Å². The molecule has 3 heterocycles. The molecule has 2 saturated heterocycles. The van der Waals surface area contributed by atoms with Crippen LogP contribution in [0.1, 0.15) is 41.6 Å². The molecule has 7 nitrogen and oxygen atoms in total. The topological polar surface area (TPSA) is 87.5 Å².